The number of methoxy groups -OCH3 is 2. The van der Waals surface area contributed by atoms with Crippen molar-refractivity contribution in [2.45, 2.75) is 43.1 Å². The third-order valence-corrected chi connectivity index (χ3v) is 3.65. The minimum atomic E-state index is -0.197. The molecule has 1 fully saturated rings. The second-order valence-electron chi connectivity index (χ2n) is 4.61. The highest BCUT2D eigenvalue weighted by Gasteiger charge is 2.38. The molecule has 1 amide bonds. The Morgan fingerprint density at radius 3 is 2.65 bits per heavy atom. The first-order valence-electron chi connectivity index (χ1n) is 6.07. The van der Waals surface area contributed by atoms with E-state index in [9.17, 15) is 4.79 Å². The molecule has 0 saturated heterocycles. The second-order valence-corrected chi connectivity index (χ2v) is 5.23. The van der Waals surface area contributed by atoms with Crippen LogP contribution in [0.4, 0.5) is 0 Å². The van der Waals surface area contributed by atoms with Gasteiger partial charge in [-0.2, -0.15) is 0 Å². The molecule has 17 heavy (non-hydrogen) atoms. The Labute approximate surface area is 108 Å². The van der Waals surface area contributed by atoms with Crippen LogP contribution in [-0.2, 0) is 14.3 Å². The molecule has 0 aromatic carbocycles. The topological polar surface area (TPSA) is 47.6 Å². The summed E-state index contributed by atoms with van der Waals surface area (Å²) in [6, 6.07) is 0. The first-order valence-corrected chi connectivity index (χ1v) is 6.50. The molecule has 1 saturated carbocycles. The van der Waals surface area contributed by atoms with Crippen LogP contribution in [0, 0.1) is 0 Å². The number of halogens is 1. The summed E-state index contributed by atoms with van der Waals surface area (Å²) in [7, 11) is 3.30. The predicted molar refractivity (Wildman–Crippen MR) is 67.4 cm³/mol. The molecule has 1 aliphatic carbocycles. The maximum atomic E-state index is 11.7. The predicted octanol–water partition coefficient (Wildman–Crippen LogP) is 1.71. The van der Waals surface area contributed by atoms with Gasteiger partial charge in [-0.3, -0.25) is 4.79 Å². The number of rotatable bonds is 8. The summed E-state index contributed by atoms with van der Waals surface area (Å²) in [4.78, 5) is 11.7. The molecule has 0 heterocycles. The second kappa shape index (κ2) is 7.19. The number of carbonyl (C=O) groups excluding carboxylic acids is 1. The molecule has 100 valence electrons. The smallest absolute Gasteiger partial charge is 0.222 e. The fourth-order valence-electron chi connectivity index (χ4n) is 2.01. The van der Waals surface area contributed by atoms with Gasteiger partial charge in [0.2, 0.25) is 5.91 Å². The largest absolute Gasteiger partial charge is 0.383 e. The first-order chi connectivity index (χ1) is 8.12. The summed E-state index contributed by atoms with van der Waals surface area (Å²) in [6.45, 7) is 1.11. The molecule has 4 nitrogen and oxygen atoms in total. The summed E-state index contributed by atoms with van der Waals surface area (Å²) < 4.78 is 10.3. The first kappa shape index (κ1) is 14.7. The third kappa shape index (κ3) is 4.82. The van der Waals surface area contributed by atoms with E-state index in [0.29, 0.717) is 19.6 Å². The average molecular weight is 264 g/mol. The van der Waals surface area contributed by atoms with Gasteiger partial charge in [0.15, 0.2) is 0 Å². The van der Waals surface area contributed by atoms with Crippen molar-refractivity contribution in [1.82, 2.24) is 5.32 Å². The zero-order valence-corrected chi connectivity index (χ0v) is 11.4. The number of ether oxygens (including phenoxy) is 2. The zero-order chi connectivity index (χ0) is 12.7. The number of amides is 1. The lowest BCUT2D eigenvalue weighted by Gasteiger charge is -2.39. The monoisotopic (exact) mass is 263 g/mol. The van der Waals surface area contributed by atoms with Crippen LogP contribution in [0.2, 0.25) is 0 Å². The molecular formula is C12H22ClNO3. The minimum absolute atomic E-state index is 0.0413. The summed E-state index contributed by atoms with van der Waals surface area (Å²) in [5.74, 6) is 0.0489. The van der Waals surface area contributed by atoms with Gasteiger partial charge in [-0.1, -0.05) is 0 Å². The molecule has 0 aromatic heterocycles. The summed E-state index contributed by atoms with van der Waals surface area (Å²) in [5.41, 5.74) is -0.197. The molecule has 1 rings (SSSR count). The van der Waals surface area contributed by atoms with Crippen molar-refractivity contribution >= 4 is 17.5 Å². The van der Waals surface area contributed by atoms with Gasteiger partial charge < -0.3 is 14.8 Å². The van der Waals surface area contributed by atoms with E-state index in [1.165, 1.54) is 0 Å². The van der Waals surface area contributed by atoms with Crippen molar-refractivity contribution in [2.75, 3.05) is 27.4 Å². The van der Waals surface area contributed by atoms with Gasteiger partial charge in [0.05, 0.1) is 24.0 Å². The Bertz CT molecular complexity index is 238. The van der Waals surface area contributed by atoms with E-state index in [4.69, 9.17) is 21.1 Å². The molecule has 1 unspecified atom stereocenters. The van der Waals surface area contributed by atoms with Gasteiger partial charge in [0.1, 0.15) is 0 Å². The Balaban J connectivity index is 2.13. The molecule has 0 radical (unpaired) electrons. The lowest BCUT2D eigenvalue weighted by Crippen LogP contribution is -2.44. The molecule has 0 aliphatic heterocycles. The molecule has 1 aliphatic rings. The summed E-state index contributed by atoms with van der Waals surface area (Å²) in [5, 5.41) is 2.83. The van der Waals surface area contributed by atoms with Gasteiger partial charge in [-0.15, -0.1) is 11.6 Å². The van der Waals surface area contributed by atoms with Crippen molar-refractivity contribution in [3.05, 3.63) is 0 Å². The summed E-state index contributed by atoms with van der Waals surface area (Å²) in [6.07, 6.45) is 4.30. The molecule has 0 spiro atoms. The van der Waals surface area contributed by atoms with Crippen LogP contribution in [0.5, 0.6) is 0 Å². The van der Waals surface area contributed by atoms with E-state index in [0.717, 1.165) is 25.7 Å². The Morgan fingerprint density at radius 1 is 1.47 bits per heavy atom. The SMILES string of the molecule is COCC(Cl)CCNC(=O)CC1(OC)CCC1. The molecule has 0 aromatic rings. The van der Waals surface area contributed by atoms with Crippen molar-refractivity contribution in [3.63, 3.8) is 0 Å². The number of hydrogen-bond donors (Lipinski definition) is 1. The van der Waals surface area contributed by atoms with Crippen molar-refractivity contribution in [3.8, 4) is 0 Å². The van der Waals surface area contributed by atoms with E-state index in [1.54, 1.807) is 14.2 Å². The quantitative estimate of drug-likeness (QED) is 0.678. The minimum Gasteiger partial charge on any atom is -0.383 e. The lowest BCUT2D eigenvalue weighted by atomic mass is 9.77. The molecule has 0 bridgehead atoms. The van der Waals surface area contributed by atoms with Gasteiger partial charge in [-0.25, -0.2) is 0 Å². The van der Waals surface area contributed by atoms with Crippen LogP contribution >= 0.6 is 11.6 Å². The Morgan fingerprint density at radius 2 is 2.18 bits per heavy atom. The van der Waals surface area contributed by atoms with Gasteiger partial charge in [0.25, 0.3) is 0 Å². The average Bonchev–Trinajstić information content (AvgIpc) is 2.24. The van der Waals surface area contributed by atoms with Crippen molar-refractivity contribution in [2.24, 2.45) is 0 Å². The fourth-order valence-corrected chi connectivity index (χ4v) is 2.25. The van der Waals surface area contributed by atoms with Gasteiger partial charge in [-0.05, 0) is 25.7 Å². The van der Waals surface area contributed by atoms with Gasteiger partial charge >= 0.3 is 0 Å². The number of nitrogens with one attached hydrogen (secondary N) is 1. The van der Waals surface area contributed by atoms with Crippen molar-refractivity contribution < 1.29 is 14.3 Å². The molecule has 5 heteroatoms. The number of carbonyl (C=O) groups is 1. The maximum Gasteiger partial charge on any atom is 0.222 e. The Kier molecular flexibility index (Phi) is 6.23. The zero-order valence-electron chi connectivity index (χ0n) is 10.6. The van der Waals surface area contributed by atoms with Crippen LogP contribution in [-0.4, -0.2) is 44.3 Å². The summed E-state index contributed by atoms with van der Waals surface area (Å²) >= 11 is 5.96. The van der Waals surface area contributed by atoms with Crippen LogP contribution in [0.15, 0.2) is 0 Å². The maximum absolute atomic E-state index is 11.7. The number of alkyl halides is 1. The van der Waals surface area contributed by atoms with Crippen LogP contribution in [0.25, 0.3) is 0 Å². The van der Waals surface area contributed by atoms with E-state index >= 15 is 0 Å². The van der Waals surface area contributed by atoms with Crippen LogP contribution in [0.1, 0.15) is 32.1 Å². The number of hydrogen-bond acceptors (Lipinski definition) is 3. The highest BCUT2D eigenvalue weighted by atomic mass is 35.5. The van der Waals surface area contributed by atoms with Gasteiger partial charge in [0, 0.05) is 20.8 Å². The normalized spacial score (nSPS) is 19.5. The molecule has 1 N–H and O–H groups in total. The van der Waals surface area contributed by atoms with E-state index < -0.39 is 0 Å². The fraction of sp³-hybridized carbons (Fsp3) is 0.917. The molecule has 1 atom stereocenters. The molecular weight excluding hydrogens is 242 g/mol. The van der Waals surface area contributed by atoms with E-state index in [1.807, 2.05) is 0 Å². The standard InChI is InChI=1S/C12H22ClNO3/c1-16-9-10(13)4-7-14-11(15)8-12(17-2)5-3-6-12/h10H,3-9H2,1-2H3,(H,14,15). The van der Waals surface area contributed by atoms with Crippen molar-refractivity contribution in [1.29, 1.82) is 0 Å². The van der Waals surface area contributed by atoms with E-state index in [-0.39, 0.29) is 16.9 Å². The highest BCUT2D eigenvalue weighted by Crippen LogP contribution is 2.37. The van der Waals surface area contributed by atoms with E-state index in [2.05, 4.69) is 5.32 Å². The Hall–Kier alpha value is -0.320. The lowest BCUT2D eigenvalue weighted by molar-refractivity contribution is -0.134. The van der Waals surface area contributed by atoms with Crippen LogP contribution < -0.4 is 5.32 Å². The van der Waals surface area contributed by atoms with Crippen LogP contribution in [0.3, 0.4) is 0 Å². The third-order valence-electron chi connectivity index (χ3n) is 3.31. The highest BCUT2D eigenvalue weighted by molar-refractivity contribution is 6.20.